The molecule has 0 spiro atoms. The van der Waals surface area contributed by atoms with Crippen LogP contribution in [0.15, 0.2) is 47.4 Å². The Balaban J connectivity index is 1.87. The average molecular weight is 506 g/mol. The smallest absolute Gasteiger partial charge is 0.409 e. The summed E-state index contributed by atoms with van der Waals surface area (Å²) in [7, 11) is -1.24. The molecular formula is C24H31N3O7S. The highest BCUT2D eigenvalue weighted by atomic mass is 32.2. The zero-order chi connectivity index (χ0) is 25.6. The normalized spacial score (nSPS) is 13.8. The highest BCUT2D eigenvalue weighted by molar-refractivity contribution is 7.92. The molecule has 1 fully saturated rings. The van der Waals surface area contributed by atoms with Crippen LogP contribution in [0, 0.1) is 6.92 Å². The van der Waals surface area contributed by atoms with Gasteiger partial charge in [-0.15, -0.1) is 0 Å². The van der Waals surface area contributed by atoms with E-state index in [9.17, 15) is 18.0 Å². The Labute approximate surface area is 206 Å². The van der Waals surface area contributed by atoms with E-state index >= 15 is 0 Å². The number of rotatable bonds is 8. The number of carbonyl (C=O) groups is 2. The summed E-state index contributed by atoms with van der Waals surface area (Å²) in [6.07, 6.45) is -0.420. The number of anilines is 1. The van der Waals surface area contributed by atoms with Crippen LogP contribution in [0.1, 0.15) is 12.5 Å². The summed E-state index contributed by atoms with van der Waals surface area (Å²) in [5.41, 5.74) is 1.32. The maximum absolute atomic E-state index is 13.7. The largest absolute Gasteiger partial charge is 0.493 e. The Morgan fingerprint density at radius 2 is 1.51 bits per heavy atom. The van der Waals surface area contributed by atoms with Crippen molar-refractivity contribution in [2.75, 3.05) is 57.9 Å². The van der Waals surface area contributed by atoms with Gasteiger partial charge in [0.15, 0.2) is 11.5 Å². The lowest BCUT2D eigenvalue weighted by Gasteiger charge is -2.35. The van der Waals surface area contributed by atoms with E-state index in [1.54, 1.807) is 36.1 Å². The minimum absolute atomic E-state index is 0.0318. The van der Waals surface area contributed by atoms with E-state index < -0.39 is 16.1 Å². The van der Waals surface area contributed by atoms with Gasteiger partial charge < -0.3 is 24.0 Å². The molecule has 35 heavy (non-hydrogen) atoms. The number of amides is 2. The number of hydrogen-bond donors (Lipinski definition) is 0. The second-order valence-corrected chi connectivity index (χ2v) is 9.79. The molecule has 0 bridgehead atoms. The van der Waals surface area contributed by atoms with Gasteiger partial charge in [0, 0.05) is 32.2 Å². The molecule has 1 aliphatic rings. The van der Waals surface area contributed by atoms with Gasteiger partial charge in [0.2, 0.25) is 5.91 Å². The molecule has 2 amide bonds. The van der Waals surface area contributed by atoms with E-state index in [0.29, 0.717) is 24.5 Å². The Morgan fingerprint density at radius 1 is 0.914 bits per heavy atom. The lowest BCUT2D eigenvalue weighted by atomic mass is 10.2. The lowest BCUT2D eigenvalue weighted by molar-refractivity contribution is -0.131. The number of piperazine rings is 1. The third kappa shape index (κ3) is 5.97. The quantitative estimate of drug-likeness (QED) is 0.543. The van der Waals surface area contributed by atoms with Crippen LogP contribution < -0.4 is 13.8 Å². The van der Waals surface area contributed by atoms with E-state index in [1.165, 1.54) is 37.3 Å². The van der Waals surface area contributed by atoms with Crippen molar-refractivity contribution in [1.29, 1.82) is 0 Å². The molecule has 0 radical (unpaired) electrons. The van der Waals surface area contributed by atoms with Crippen LogP contribution in [0.4, 0.5) is 10.5 Å². The van der Waals surface area contributed by atoms with Crippen molar-refractivity contribution < 1.29 is 32.2 Å². The fraction of sp³-hybridized carbons (Fsp3) is 0.417. The fourth-order valence-electron chi connectivity index (χ4n) is 3.71. The third-order valence-electron chi connectivity index (χ3n) is 5.70. The van der Waals surface area contributed by atoms with Gasteiger partial charge in [-0.05, 0) is 38.1 Å². The van der Waals surface area contributed by atoms with Crippen molar-refractivity contribution in [2.24, 2.45) is 0 Å². The van der Waals surface area contributed by atoms with Gasteiger partial charge in [0.1, 0.15) is 6.54 Å². The number of nitrogens with zero attached hydrogens (tertiary/aromatic N) is 3. The standard InChI is InChI=1S/C24H31N3O7S/c1-5-34-24(29)26-14-12-25(13-15-26)23(28)17-27(19-8-6-18(2)7-9-19)35(30,31)20-10-11-21(32-3)22(16-20)33-4/h6-11,16H,5,12-15,17H2,1-4H3. The first-order valence-electron chi connectivity index (χ1n) is 11.2. The Kier molecular flexibility index (Phi) is 8.44. The maximum Gasteiger partial charge on any atom is 0.409 e. The second kappa shape index (κ2) is 11.3. The molecule has 0 atom stereocenters. The zero-order valence-electron chi connectivity index (χ0n) is 20.4. The predicted octanol–water partition coefficient (Wildman–Crippen LogP) is 2.51. The number of carbonyl (C=O) groups excluding carboxylic acids is 2. The molecule has 0 unspecified atom stereocenters. The molecule has 190 valence electrons. The Hall–Kier alpha value is -3.47. The van der Waals surface area contributed by atoms with E-state index in [-0.39, 0.29) is 42.8 Å². The molecule has 0 aromatic heterocycles. The molecule has 0 N–H and O–H groups in total. The number of methoxy groups -OCH3 is 2. The summed E-state index contributed by atoms with van der Waals surface area (Å²) >= 11 is 0. The summed E-state index contributed by atoms with van der Waals surface area (Å²) < 4.78 is 44.0. The van der Waals surface area contributed by atoms with Crippen LogP contribution in [0.25, 0.3) is 0 Å². The Bertz CT molecular complexity index is 1140. The molecule has 1 saturated heterocycles. The number of sulfonamides is 1. The minimum Gasteiger partial charge on any atom is -0.493 e. The average Bonchev–Trinajstić information content (AvgIpc) is 2.87. The van der Waals surface area contributed by atoms with Gasteiger partial charge in [-0.3, -0.25) is 9.10 Å². The van der Waals surface area contributed by atoms with Crippen LogP contribution in [-0.2, 0) is 19.6 Å². The number of ether oxygens (including phenoxy) is 3. The molecule has 0 saturated carbocycles. The fourth-order valence-corrected chi connectivity index (χ4v) is 5.14. The summed E-state index contributed by atoms with van der Waals surface area (Å²) in [6, 6.07) is 11.2. The van der Waals surface area contributed by atoms with Gasteiger partial charge in [-0.25, -0.2) is 13.2 Å². The maximum atomic E-state index is 13.7. The van der Waals surface area contributed by atoms with Crippen LogP contribution in [0.3, 0.4) is 0 Å². The topological polar surface area (TPSA) is 106 Å². The molecular weight excluding hydrogens is 474 g/mol. The molecule has 10 nitrogen and oxygen atoms in total. The summed E-state index contributed by atoms with van der Waals surface area (Å²) in [5.74, 6) is 0.292. The first-order valence-corrected chi connectivity index (χ1v) is 12.7. The first-order chi connectivity index (χ1) is 16.7. The van der Waals surface area contributed by atoms with Gasteiger partial charge in [0.05, 0.1) is 31.4 Å². The summed E-state index contributed by atoms with van der Waals surface area (Å²) in [4.78, 5) is 28.2. The third-order valence-corrected chi connectivity index (χ3v) is 7.47. The molecule has 1 aliphatic heterocycles. The van der Waals surface area contributed by atoms with Crippen molar-refractivity contribution in [2.45, 2.75) is 18.7 Å². The summed E-state index contributed by atoms with van der Waals surface area (Å²) in [5, 5.41) is 0. The Morgan fingerprint density at radius 3 is 2.09 bits per heavy atom. The van der Waals surface area contributed by atoms with Crippen LogP contribution in [0.2, 0.25) is 0 Å². The van der Waals surface area contributed by atoms with Gasteiger partial charge in [-0.1, -0.05) is 17.7 Å². The van der Waals surface area contributed by atoms with Crippen molar-refractivity contribution in [3.8, 4) is 11.5 Å². The highest BCUT2D eigenvalue weighted by Crippen LogP contribution is 2.32. The number of hydrogen-bond acceptors (Lipinski definition) is 7. The van der Waals surface area contributed by atoms with Crippen molar-refractivity contribution in [1.82, 2.24) is 9.80 Å². The lowest BCUT2D eigenvalue weighted by Crippen LogP contribution is -2.53. The van der Waals surface area contributed by atoms with Gasteiger partial charge in [-0.2, -0.15) is 0 Å². The van der Waals surface area contributed by atoms with Crippen molar-refractivity contribution >= 4 is 27.7 Å². The SMILES string of the molecule is CCOC(=O)N1CCN(C(=O)CN(c2ccc(C)cc2)S(=O)(=O)c2ccc(OC)c(OC)c2)CC1. The second-order valence-electron chi connectivity index (χ2n) is 7.93. The van der Waals surface area contributed by atoms with Crippen molar-refractivity contribution in [3.63, 3.8) is 0 Å². The van der Waals surface area contributed by atoms with E-state index in [4.69, 9.17) is 14.2 Å². The highest BCUT2D eigenvalue weighted by Gasteiger charge is 2.31. The minimum atomic E-state index is -4.12. The van der Waals surface area contributed by atoms with E-state index in [2.05, 4.69) is 0 Å². The van der Waals surface area contributed by atoms with E-state index in [1.807, 2.05) is 6.92 Å². The molecule has 0 aliphatic carbocycles. The zero-order valence-corrected chi connectivity index (χ0v) is 21.2. The molecule has 1 heterocycles. The molecule has 2 aromatic carbocycles. The molecule has 3 rings (SSSR count). The molecule has 2 aromatic rings. The number of benzene rings is 2. The van der Waals surface area contributed by atoms with Crippen LogP contribution in [-0.4, -0.2) is 83.8 Å². The molecule has 11 heteroatoms. The van der Waals surface area contributed by atoms with Gasteiger partial charge >= 0.3 is 6.09 Å². The van der Waals surface area contributed by atoms with Crippen LogP contribution >= 0.6 is 0 Å². The first kappa shape index (κ1) is 26.1. The monoisotopic (exact) mass is 505 g/mol. The predicted molar refractivity (Wildman–Crippen MR) is 130 cm³/mol. The van der Waals surface area contributed by atoms with Gasteiger partial charge in [0.25, 0.3) is 10.0 Å². The van der Waals surface area contributed by atoms with Crippen molar-refractivity contribution in [3.05, 3.63) is 48.0 Å². The number of aryl methyl sites for hydroxylation is 1. The summed E-state index contributed by atoms with van der Waals surface area (Å²) in [6.45, 7) is 4.72. The van der Waals surface area contributed by atoms with E-state index in [0.717, 1.165) is 9.87 Å². The van der Waals surface area contributed by atoms with Crippen LogP contribution in [0.5, 0.6) is 11.5 Å².